The molecule has 2 amide bonds. The second-order valence-corrected chi connectivity index (χ2v) is 8.08. The number of benzene rings is 1. The van der Waals surface area contributed by atoms with E-state index in [0.29, 0.717) is 25.0 Å². The number of carbonyl (C=O) groups is 2. The number of nitrogens with zero attached hydrogens (tertiary/aromatic N) is 2. The summed E-state index contributed by atoms with van der Waals surface area (Å²) in [4.78, 5) is 30.5. The van der Waals surface area contributed by atoms with Crippen LogP contribution in [0.4, 0.5) is 0 Å². The van der Waals surface area contributed by atoms with Gasteiger partial charge in [0.15, 0.2) is 5.96 Å². The summed E-state index contributed by atoms with van der Waals surface area (Å²) >= 11 is 0. The molecule has 0 radical (unpaired) electrons. The Morgan fingerprint density at radius 1 is 1.29 bits per heavy atom. The van der Waals surface area contributed by atoms with Gasteiger partial charge in [0.2, 0.25) is 5.91 Å². The summed E-state index contributed by atoms with van der Waals surface area (Å²) in [5.41, 5.74) is 7.35. The van der Waals surface area contributed by atoms with Gasteiger partial charge in [-0.15, -0.1) is 0 Å². The molecule has 1 aromatic carbocycles. The molecule has 0 bridgehead atoms. The molecule has 0 saturated heterocycles. The number of hydrogen-bond acceptors (Lipinski definition) is 4. The van der Waals surface area contributed by atoms with Crippen LogP contribution >= 0.6 is 0 Å². The summed E-state index contributed by atoms with van der Waals surface area (Å²) in [6.07, 6.45) is 8.19. The van der Waals surface area contributed by atoms with Gasteiger partial charge >= 0.3 is 0 Å². The normalized spacial score (nSPS) is 22.8. The Kier molecular flexibility index (Phi) is 6.17. The molecule has 1 atom stereocenters. The van der Waals surface area contributed by atoms with Gasteiger partial charge in [-0.1, -0.05) is 62.9 Å². The molecule has 1 heterocycles. The van der Waals surface area contributed by atoms with E-state index in [1.165, 1.54) is 38.2 Å². The Morgan fingerprint density at radius 3 is 2.57 bits per heavy atom. The lowest BCUT2D eigenvalue weighted by molar-refractivity contribution is -0.131. The third-order valence-corrected chi connectivity index (χ3v) is 5.77. The predicted octanol–water partition coefficient (Wildman–Crippen LogP) is 2.87. The van der Waals surface area contributed by atoms with Gasteiger partial charge < -0.3 is 11.1 Å². The monoisotopic (exact) mass is 382 g/mol. The number of rotatable bonds is 7. The Balaban J connectivity index is 1.61. The standard InChI is InChI=1S/C22H30N4O2/c1-3-19(27)24-14-17-9-11-18(12-10-17)15-26-20(28)22(2,25-21(26)23)13-16-7-5-4-6-8-16/h3,9-12,16H,1,4-8,13-15H2,2H3,(H2,23,25)(H,24,27). The average molecular weight is 383 g/mol. The lowest BCUT2D eigenvalue weighted by Gasteiger charge is -2.29. The minimum absolute atomic E-state index is 0.00195. The molecule has 0 spiro atoms. The zero-order valence-electron chi connectivity index (χ0n) is 16.6. The van der Waals surface area contributed by atoms with Crippen LogP contribution in [0, 0.1) is 5.92 Å². The van der Waals surface area contributed by atoms with E-state index < -0.39 is 5.54 Å². The molecule has 3 rings (SSSR count). The van der Waals surface area contributed by atoms with Crippen molar-refractivity contribution in [3.05, 3.63) is 48.0 Å². The van der Waals surface area contributed by atoms with E-state index in [9.17, 15) is 9.59 Å². The van der Waals surface area contributed by atoms with E-state index in [1.54, 1.807) is 4.90 Å². The fourth-order valence-corrected chi connectivity index (χ4v) is 4.20. The van der Waals surface area contributed by atoms with Gasteiger partial charge in [-0.25, -0.2) is 4.99 Å². The quantitative estimate of drug-likeness (QED) is 0.711. The van der Waals surface area contributed by atoms with Crippen LogP contribution in [-0.2, 0) is 22.7 Å². The van der Waals surface area contributed by atoms with E-state index in [4.69, 9.17) is 5.73 Å². The zero-order valence-corrected chi connectivity index (χ0v) is 16.6. The highest BCUT2D eigenvalue weighted by Crippen LogP contribution is 2.35. The summed E-state index contributed by atoms with van der Waals surface area (Å²) in [5, 5.41) is 2.74. The van der Waals surface area contributed by atoms with Crippen LogP contribution in [0.1, 0.15) is 56.6 Å². The van der Waals surface area contributed by atoms with Crippen molar-refractivity contribution < 1.29 is 9.59 Å². The molecule has 1 aliphatic heterocycles. The molecule has 1 unspecified atom stereocenters. The van der Waals surface area contributed by atoms with Crippen molar-refractivity contribution in [2.24, 2.45) is 16.6 Å². The number of nitrogens with one attached hydrogen (secondary N) is 1. The molecular formula is C22H30N4O2. The van der Waals surface area contributed by atoms with Crippen LogP contribution in [0.5, 0.6) is 0 Å². The molecule has 6 nitrogen and oxygen atoms in total. The minimum atomic E-state index is -0.735. The van der Waals surface area contributed by atoms with Gasteiger partial charge in [0.25, 0.3) is 5.91 Å². The second-order valence-electron chi connectivity index (χ2n) is 8.08. The number of nitrogens with two attached hydrogens (primary N) is 1. The van der Waals surface area contributed by atoms with Crippen molar-refractivity contribution in [2.75, 3.05) is 0 Å². The number of hydrogen-bond donors (Lipinski definition) is 2. The first-order valence-corrected chi connectivity index (χ1v) is 10.1. The molecule has 1 aliphatic carbocycles. The maximum atomic E-state index is 13.1. The zero-order chi connectivity index (χ0) is 20.1. The summed E-state index contributed by atoms with van der Waals surface area (Å²) in [6, 6.07) is 7.78. The first kappa shape index (κ1) is 20.1. The van der Waals surface area contributed by atoms with Gasteiger partial charge in [-0.2, -0.15) is 0 Å². The molecule has 3 N–H and O–H groups in total. The average Bonchev–Trinajstić information content (AvgIpc) is 2.90. The highest BCUT2D eigenvalue weighted by atomic mass is 16.2. The highest BCUT2D eigenvalue weighted by Gasteiger charge is 2.45. The smallest absolute Gasteiger partial charge is 0.257 e. The molecule has 0 aromatic heterocycles. The minimum Gasteiger partial charge on any atom is -0.369 e. The van der Waals surface area contributed by atoms with Crippen molar-refractivity contribution in [1.29, 1.82) is 0 Å². The number of guanidine groups is 1. The van der Waals surface area contributed by atoms with E-state index in [-0.39, 0.29) is 11.8 Å². The van der Waals surface area contributed by atoms with Gasteiger partial charge in [0.05, 0.1) is 6.54 Å². The summed E-state index contributed by atoms with van der Waals surface area (Å²) < 4.78 is 0. The number of carbonyl (C=O) groups excluding carboxylic acids is 2. The van der Waals surface area contributed by atoms with Gasteiger partial charge in [0.1, 0.15) is 5.54 Å². The molecule has 28 heavy (non-hydrogen) atoms. The highest BCUT2D eigenvalue weighted by molar-refractivity contribution is 6.06. The molecule has 6 heteroatoms. The molecular weight excluding hydrogens is 352 g/mol. The maximum absolute atomic E-state index is 13.1. The predicted molar refractivity (Wildman–Crippen MR) is 110 cm³/mol. The van der Waals surface area contributed by atoms with Crippen molar-refractivity contribution in [3.8, 4) is 0 Å². The van der Waals surface area contributed by atoms with Crippen molar-refractivity contribution in [2.45, 2.75) is 64.1 Å². The fourth-order valence-electron chi connectivity index (χ4n) is 4.20. The van der Waals surface area contributed by atoms with E-state index in [0.717, 1.165) is 17.5 Å². The largest absolute Gasteiger partial charge is 0.369 e. The summed E-state index contributed by atoms with van der Waals surface area (Å²) in [5.74, 6) is 0.667. The van der Waals surface area contributed by atoms with Gasteiger partial charge in [-0.05, 0) is 36.5 Å². The third kappa shape index (κ3) is 4.61. The Hall–Kier alpha value is -2.63. The van der Waals surface area contributed by atoms with Crippen LogP contribution in [0.3, 0.4) is 0 Å². The van der Waals surface area contributed by atoms with Crippen molar-refractivity contribution >= 4 is 17.8 Å². The van der Waals surface area contributed by atoms with Crippen LogP contribution in [0.2, 0.25) is 0 Å². The molecule has 1 saturated carbocycles. The lowest BCUT2D eigenvalue weighted by Crippen LogP contribution is -2.43. The summed E-state index contributed by atoms with van der Waals surface area (Å²) in [7, 11) is 0. The third-order valence-electron chi connectivity index (χ3n) is 5.77. The molecule has 1 fully saturated rings. The number of aliphatic imine (C=N–C) groups is 1. The second kappa shape index (κ2) is 8.59. The van der Waals surface area contributed by atoms with Crippen LogP contribution in [-0.4, -0.2) is 28.2 Å². The fraction of sp³-hybridized carbons (Fsp3) is 0.500. The SMILES string of the molecule is C=CC(=O)NCc1ccc(CN2C(=O)C(C)(CC3CCCCC3)N=C2N)cc1. The Bertz CT molecular complexity index is 765. The molecule has 150 valence electrons. The molecule has 2 aliphatic rings. The summed E-state index contributed by atoms with van der Waals surface area (Å²) in [6.45, 7) is 6.20. The van der Waals surface area contributed by atoms with Crippen molar-refractivity contribution in [3.63, 3.8) is 0 Å². The van der Waals surface area contributed by atoms with Crippen LogP contribution in [0.15, 0.2) is 41.9 Å². The van der Waals surface area contributed by atoms with E-state index in [1.807, 2.05) is 31.2 Å². The Labute approximate surface area is 166 Å². The molecule has 1 aromatic rings. The topological polar surface area (TPSA) is 87.8 Å². The maximum Gasteiger partial charge on any atom is 0.257 e. The van der Waals surface area contributed by atoms with Gasteiger partial charge in [-0.3, -0.25) is 14.5 Å². The van der Waals surface area contributed by atoms with Crippen LogP contribution < -0.4 is 11.1 Å². The van der Waals surface area contributed by atoms with E-state index in [2.05, 4.69) is 16.9 Å². The lowest BCUT2D eigenvalue weighted by atomic mass is 9.80. The van der Waals surface area contributed by atoms with Gasteiger partial charge in [0, 0.05) is 6.54 Å². The van der Waals surface area contributed by atoms with E-state index >= 15 is 0 Å². The Morgan fingerprint density at radius 2 is 1.93 bits per heavy atom. The van der Waals surface area contributed by atoms with Crippen molar-refractivity contribution in [1.82, 2.24) is 10.2 Å². The first-order valence-electron chi connectivity index (χ1n) is 10.1. The number of amides is 2. The van der Waals surface area contributed by atoms with Crippen LogP contribution in [0.25, 0.3) is 0 Å². The first-order chi connectivity index (χ1) is 13.4.